The molecule has 0 amide bonds. The highest BCUT2D eigenvalue weighted by atomic mass is 79.9. The third kappa shape index (κ3) is 3.42. The molecule has 1 aliphatic rings. The molecule has 4 nitrogen and oxygen atoms in total. The average molecular weight is 475 g/mol. The van der Waals surface area contributed by atoms with E-state index < -0.39 is 0 Å². The summed E-state index contributed by atoms with van der Waals surface area (Å²) in [5.41, 5.74) is 4.25. The van der Waals surface area contributed by atoms with Crippen LogP contribution in [0.5, 0.6) is 0 Å². The Kier molecular flexibility index (Phi) is 5.11. The Hall–Kier alpha value is -2.96. The second kappa shape index (κ2) is 8.05. The quantitative estimate of drug-likeness (QED) is 0.378. The summed E-state index contributed by atoms with van der Waals surface area (Å²) in [6.07, 6.45) is 3.92. The Morgan fingerprint density at radius 1 is 0.867 bits per heavy atom. The maximum atomic E-state index is 5.80. The monoisotopic (exact) mass is 474 g/mol. The van der Waals surface area contributed by atoms with Crippen molar-refractivity contribution in [1.29, 1.82) is 0 Å². The molecule has 4 aromatic rings. The Balaban J connectivity index is 1.67. The summed E-state index contributed by atoms with van der Waals surface area (Å²) < 4.78 is 3.26. The Morgan fingerprint density at radius 2 is 1.67 bits per heavy atom. The lowest BCUT2D eigenvalue weighted by Gasteiger charge is -2.29. The summed E-state index contributed by atoms with van der Waals surface area (Å²) in [5, 5.41) is 4.22. The number of pyridine rings is 1. The minimum atomic E-state index is -0.0697. The van der Waals surface area contributed by atoms with Gasteiger partial charge in [-0.3, -0.25) is 4.98 Å². The number of hydrogen-bond donors (Lipinski definition) is 1. The third-order valence-electron chi connectivity index (χ3n) is 5.30. The fourth-order valence-electron chi connectivity index (χ4n) is 4.02. The van der Waals surface area contributed by atoms with Crippen molar-refractivity contribution in [1.82, 2.24) is 14.9 Å². The topological polar surface area (TPSA) is 33.1 Å². The molecule has 0 radical (unpaired) electrons. The molecule has 6 heteroatoms. The molecule has 1 fully saturated rings. The molecule has 0 aliphatic carbocycles. The summed E-state index contributed by atoms with van der Waals surface area (Å²) in [6.45, 7) is 0. The lowest BCUT2D eigenvalue weighted by Crippen LogP contribution is -2.30. The van der Waals surface area contributed by atoms with Crippen molar-refractivity contribution < 1.29 is 0 Å². The van der Waals surface area contributed by atoms with Crippen LogP contribution in [-0.4, -0.2) is 14.7 Å². The molecule has 0 saturated carbocycles. The number of nitrogens with zero attached hydrogens (tertiary/aromatic N) is 3. The van der Waals surface area contributed by atoms with Crippen LogP contribution in [0.1, 0.15) is 23.5 Å². The Bertz CT molecular complexity index is 1180. The summed E-state index contributed by atoms with van der Waals surface area (Å²) in [6, 6.07) is 28.7. The van der Waals surface area contributed by atoms with Gasteiger partial charge >= 0.3 is 0 Å². The molecular formula is C24H19BrN4S. The van der Waals surface area contributed by atoms with E-state index in [2.05, 4.69) is 78.3 Å². The van der Waals surface area contributed by atoms with E-state index in [1.165, 1.54) is 0 Å². The van der Waals surface area contributed by atoms with Crippen molar-refractivity contribution in [3.05, 3.63) is 113 Å². The normalized spacial score (nSPS) is 18.4. The van der Waals surface area contributed by atoms with Crippen LogP contribution in [0.25, 0.3) is 5.69 Å². The van der Waals surface area contributed by atoms with Gasteiger partial charge in [0, 0.05) is 33.9 Å². The molecule has 1 saturated heterocycles. The number of thiocarbonyl (C=S) groups is 1. The summed E-state index contributed by atoms with van der Waals surface area (Å²) in [4.78, 5) is 6.83. The summed E-state index contributed by atoms with van der Waals surface area (Å²) >= 11 is 9.40. The predicted molar refractivity (Wildman–Crippen MR) is 128 cm³/mol. The van der Waals surface area contributed by atoms with Gasteiger partial charge in [-0.05, 0) is 66.8 Å². The number of aromatic nitrogens is 2. The number of benzene rings is 2. The number of para-hydroxylation sites is 1. The van der Waals surface area contributed by atoms with E-state index in [9.17, 15) is 0 Å². The summed E-state index contributed by atoms with van der Waals surface area (Å²) in [5.74, 6) is 0. The van der Waals surface area contributed by atoms with Crippen LogP contribution in [0, 0.1) is 0 Å². The van der Waals surface area contributed by atoms with E-state index in [0.29, 0.717) is 5.11 Å². The molecule has 148 valence electrons. The van der Waals surface area contributed by atoms with Crippen LogP contribution >= 0.6 is 28.1 Å². The van der Waals surface area contributed by atoms with Crippen LogP contribution < -0.4 is 10.2 Å². The van der Waals surface area contributed by atoms with Gasteiger partial charge in [-0.1, -0.05) is 46.3 Å². The minimum absolute atomic E-state index is 0.0521. The Morgan fingerprint density at radius 3 is 2.43 bits per heavy atom. The van der Waals surface area contributed by atoms with Crippen molar-refractivity contribution in [3.8, 4) is 5.69 Å². The first-order valence-electron chi connectivity index (χ1n) is 9.71. The third-order valence-corrected chi connectivity index (χ3v) is 6.11. The van der Waals surface area contributed by atoms with E-state index >= 15 is 0 Å². The molecule has 2 aromatic carbocycles. The van der Waals surface area contributed by atoms with Gasteiger partial charge in [0.15, 0.2) is 5.11 Å². The first-order chi connectivity index (χ1) is 14.7. The van der Waals surface area contributed by atoms with Crippen molar-refractivity contribution in [2.75, 3.05) is 4.90 Å². The van der Waals surface area contributed by atoms with Crippen LogP contribution in [0.2, 0.25) is 0 Å². The van der Waals surface area contributed by atoms with E-state index in [0.717, 1.165) is 27.2 Å². The van der Waals surface area contributed by atoms with Gasteiger partial charge in [-0.2, -0.15) is 0 Å². The SMILES string of the molecule is S=C1N[C@@H](c2ccccn2)[C@@H](c2cccn2-c2cccc(Br)c2)N1c1ccccc1. The van der Waals surface area contributed by atoms with Crippen LogP contribution in [-0.2, 0) is 0 Å². The van der Waals surface area contributed by atoms with Gasteiger partial charge in [-0.15, -0.1) is 0 Å². The second-order valence-electron chi connectivity index (χ2n) is 7.12. The smallest absolute Gasteiger partial charge is 0.174 e. The molecule has 1 aliphatic heterocycles. The maximum absolute atomic E-state index is 5.80. The largest absolute Gasteiger partial charge is 0.351 e. The zero-order chi connectivity index (χ0) is 20.5. The molecular weight excluding hydrogens is 456 g/mol. The van der Waals surface area contributed by atoms with Gasteiger partial charge in [0.1, 0.15) is 6.04 Å². The number of nitrogens with one attached hydrogen (secondary N) is 1. The molecule has 0 spiro atoms. The van der Waals surface area contributed by atoms with E-state index in [4.69, 9.17) is 12.2 Å². The number of rotatable bonds is 4. The highest BCUT2D eigenvalue weighted by Gasteiger charge is 2.42. The van der Waals surface area contributed by atoms with Crippen molar-refractivity contribution in [3.63, 3.8) is 0 Å². The fourth-order valence-corrected chi connectivity index (χ4v) is 4.75. The van der Waals surface area contributed by atoms with Crippen molar-refractivity contribution in [2.45, 2.75) is 12.1 Å². The molecule has 2 aromatic heterocycles. The van der Waals surface area contributed by atoms with Crippen molar-refractivity contribution >= 4 is 38.9 Å². The van der Waals surface area contributed by atoms with Gasteiger partial charge in [0.25, 0.3) is 0 Å². The molecule has 5 rings (SSSR count). The standard InChI is InChI=1S/C24H19BrN4S/c25-17-8-6-11-19(16-17)28-15-7-13-21(28)23-22(20-12-4-5-14-26-20)27-24(30)29(23)18-9-2-1-3-10-18/h1-16,22-23H,(H,27,30)/t22-,23+/m0/s1. The van der Waals surface area contributed by atoms with Crippen LogP contribution in [0.3, 0.4) is 0 Å². The first-order valence-corrected chi connectivity index (χ1v) is 10.9. The highest BCUT2D eigenvalue weighted by molar-refractivity contribution is 9.10. The average Bonchev–Trinajstić information content (AvgIpc) is 3.39. The van der Waals surface area contributed by atoms with Crippen LogP contribution in [0.4, 0.5) is 5.69 Å². The molecule has 0 unspecified atom stereocenters. The molecule has 2 atom stereocenters. The van der Waals surface area contributed by atoms with Gasteiger partial charge in [0.2, 0.25) is 0 Å². The van der Waals surface area contributed by atoms with E-state index in [1.54, 1.807) is 0 Å². The fraction of sp³-hybridized carbons (Fsp3) is 0.0833. The molecule has 1 N–H and O–H groups in total. The first kappa shape index (κ1) is 19.0. The van der Waals surface area contributed by atoms with Gasteiger partial charge in [0.05, 0.1) is 11.7 Å². The zero-order valence-electron chi connectivity index (χ0n) is 16.0. The van der Waals surface area contributed by atoms with Gasteiger partial charge < -0.3 is 14.8 Å². The maximum Gasteiger partial charge on any atom is 0.174 e. The van der Waals surface area contributed by atoms with E-state index in [1.807, 2.05) is 54.7 Å². The molecule has 3 heterocycles. The zero-order valence-corrected chi connectivity index (χ0v) is 18.4. The predicted octanol–water partition coefficient (Wildman–Crippen LogP) is 5.81. The summed E-state index contributed by atoms with van der Waals surface area (Å²) in [7, 11) is 0. The number of anilines is 1. The van der Waals surface area contributed by atoms with E-state index in [-0.39, 0.29) is 12.1 Å². The highest BCUT2D eigenvalue weighted by Crippen LogP contribution is 2.42. The lowest BCUT2D eigenvalue weighted by atomic mass is 10.0. The van der Waals surface area contributed by atoms with Crippen molar-refractivity contribution in [2.24, 2.45) is 0 Å². The minimum Gasteiger partial charge on any atom is -0.351 e. The van der Waals surface area contributed by atoms with Crippen LogP contribution in [0.15, 0.2) is 102 Å². The molecule has 30 heavy (non-hydrogen) atoms. The van der Waals surface area contributed by atoms with Gasteiger partial charge in [-0.25, -0.2) is 0 Å². The number of hydrogen-bond acceptors (Lipinski definition) is 2. The lowest BCUT2D eigenvalue weighted by molar-refractivity contribution is 0.549. The number of halogens is 1. The molecule has 0 bridgehead atoms. The Labute approximate surface area is 189 Å². The second-order valence-corrected chi connectivity index (χ2v) is 8.42.